The fraction of sp³-hybridized carbons (Fsp3) is 0.647. The molecule has 24 heavy (non-hydrogen) atoms. The second kappa shape index (κ2) is 6.03. The van der Waals surface area contributed by atoms with Crippen molar-refractivity contribution in [2.45, 2.75) is 19.3 Å². The maximum Gasteiger partial charge on any atom is 0.307 e. The number of carboxylic acids is 1. The smallest absolute Gasteiger partial charge is 0.307 e. The Morgan fingerprint density at radius 3 is 2.25 bits per heavy atom. The number of anilines is 1. The van der Waals surface area contributed by atoms with Crippen molar-refractivity contribution >= 4 is 17.8 Å². The van der Waals surface area contributed by atoms with Crippen LogP contribution in [0.25, 0.3) is 0 Å². The molecule has 128 valence electrons. The number of hydrogen-bond donors (Lipinski definition) is 1. The Hall–Kier alpha value is -2.18. The first-order valence-corrected chi connectivity index (χ1v) is 8.68. The van der Waals surface area contributed by atoms with Crippen LogP contribution in [0.3, 0.4) is 0 Å². The van der Waals surface area contributed by atoms with E-state index in [1.165, 1.54) is 0 Å². The Balaban J connectivity index is 1.42. The molecular formula is C17H22N4O3. The van der Waals surface area contributed by atoms with Gasteiger partial charge in [0.05, 0.1) is 11.8 Å². The van der Waals surface area contributed by atoms with E-state index in [0.29, 0.717) is 32.1 Å². The number of amides is 1. The normalized spacial score (nSPS) is 32.2. The first-order chi connectivity index (χ1) is 11.6. The van der Waals surface area contributed by atoms with Gasteiger partial charge in [0.2, 0.25) is 11.9 Å². The minimum absolute atomic E-state index is 0.0447. The molecule has 4 rings (SSSR count). The molecule has 7 heteroatoms. The molecule has 1 N–H and O–H groups in total. The number of hydrogen-bond acceptors (Lipinski definition) is 5. The summed E-state index contributed by atoms with van der Waals surface area (Å²) < 4.78 is 0. The van der Waals surface area contributed by atoms with Crippen molar-refractivity contribution in [3.05, 3.63) is 18.5 Å². The average Bonchev–Trinajstić information content (AvgIpc) is 3.23. The minimum atomic E-state index is -0.795. The van der Waals surface area contributed by atoms with E-state index in [9.17, 15) is 14.7 Å². The van der Waals surface area contributed by atoms with Crippen LogP contribution in [0.4, 0.5) is 5.95 Å². The summed E-state index contributed by atoms with van der Waals surface area (Å²) in [5, 5.41) is 9.55. The highest BCUT2D eigenvalue weighted by atomic mass is 16.4. The lowest BCUT2D eigenvalue weighted by Gasteiger charge is -2.38. The number of aliphatic carboxylic acids is 1. The number of nitrogens with zero attached hydrogens (tertiary/aromatic N) is 4. The molecule has 2 heterocycles. The van der Waals surface area contributed by atoms with Crippen LogP contribution < -0.4 is 4.90 Å². The first kappa shape index (κ1) is 15.4. The van der Waals surface area contributed by atoms with Gasteiger partial charge in [-0.1, -0.05) is 0 Å². The molecule has 0 radical (unpaired) electrons. The number of carboxylic acid groups (broad SMARTS) is 1. The summed E-state index contributed by atoms with van der Waals surface area (Å²) in [6.07, 6.45) is 6.30. The minimum Gasteiger partial charge on any atom is -0.481 e. The largest absolute Gasteiger partial charge is 0.481 e. The summed E-state index contributed by atoms with van der Waals surface area (Å²) in [4.78, 5) is 37.0. The van der Waals surface area contributed by atoms with Gasteiger partial charge in [-0.15, -0.1) is 0 Å². The van der Waals surface area contributed by atoms with Gasteiger partial charge in [-0.2, -0.15) is 0 Å². The van der Waals surface area contributed by atoms with Crippen molar-refractivity contribution < 1.29 is 14.7 Å². The van der Waals surface area contributed by atoms with E-state index in [1.807, 2.05) is 4.90 Å². The molecule has 0 spiro atoms. The summed E-state index contributed by atoms with van der Waals surface area (Å²) in [7, 11) is 0. The van der Waals surface area contributed by atoms with Crippen molar-refractivity contribution in [1.29, 1.82) is 0 Å². The standard InChI is InChI=1S/C17H22N4O3/c22-15(13-11-2-3-12(10-11)14(13)16(23)24)20-6-8-21(9-7-20)17-18-4-1-5-19-17/h1,4-5,11-14H,2-3,6-10H2,(H,23,24)/t11-,12+,13+,14+/m1/s1. The number of carbonyl (C=O) groups is 2. The van der Waals surface area contributed by atoms with Gasteiger partial charge in [0.1, 0.15) is 0 Å². The molecule has 1 aromatic rings. The molecule has 3 aliphatic rings. The molecule has 4 atom stereocenters. The molecule has 1 aliphatic heterocycles. The molecule has 1 saturated heterocycles. The number of aromatic nitrogens is 2. The quantitative estimate of drug-likeness (QED) is 0.885. The highest BCUT2D eigenvalue weighted by Gasteiger charge is 2.54. The zero-order chi connectivity index (χ0) is 16.7. The van der Waals surface area contributed by atoms with E-state index < -0.39 is 11.9 Å². The maximum absolute atomic E-state index is 13.0. The summed E-state index contributed by atoms with van der Waals surface area (Å²) >= 11 is 0. The van der Waals surface area contributed by atoms with Crippen LogP contribution in [-0.4, -0.2) is 58.0 Å². The summed E-state index contributed by atoms with van der Waals surface area (Å²) in [5.74, 6) is -0.403. The van der Waals surface area contributed by atoms with Crippen LogP contribution in [-0.2, 0) is 9.59 Å². The summed E-state index contributed by atoms with van der Waals surface area (Å²) in [6, 6.07) is 1.78. The topological polar surface area (TPSA) is 86.6 Å². The molecular weight excluding hydrogens is 308 g/mol. The Morgan fingerprint density at radius 2 is 1.62 bits per heavy atom. The molecule has 2 saturated carbocycles. The monoisotopic (exact) mass is 330 g/mol. The van der Waals surface area contributed by atoms with E-state index in [4.69, 9.17) is 0 Å². The van der Waals surface area contributed by atoms with E-state index in [-0.39, 0.29) is 23.7 Å². The molecule has 1 amide bonds. The molecule has 1 aromatic heterocycles. The second-order valence-electron chi connectivity index (χ2n) is 7.08. The Morgan fingerprint density at radius 1 is 1.00 bits per heavy atom. The Bertz CT molecular complexity index is 630. The molecule has 0 unspecified atom stereocenters. The number of piperazine rings is 1. The number of carbonyl (C=O) groups excluding carboxylic acids is 1. The third kappa shape index (κ3) is 2.52. The lowest BCUT2D eigenvalue weighted by Crippen LogP contribution is -2.52. The first-order valence-electron chi connectivity index (χ1n) is 8.68. The molecule has 3 fully saturated rings. The van der Waals surface area contributed by atoms with Crippen LogP contribution in [0.5, 0.6) is 0 Å². The van der Waals surface area contributed by atoms with Crippen LogP contribution in [0.1, 0.15) is 19.3 Å². The summed E-state index contributed by atoms with van der Waals surface area (Å²) in [6.45, 7) is 2.59. The maximum atomic E-state index is 13.0. The van der Waals surface area contributed by atoms with Gasteiger partial charge >= 0.3 is 5.97 Å². The molecule has 0 aromatic carbocycles. The third-order valence-electron chi connectivity index (χ3n) is 5.91. The third-order valence-corrected chi connectivity index (χ3v) is 5.91. The highest BCUT2D eigenvalue weighted by Crippen LogP contribution is 2.53. The zero-order valence-corrected chi connectivity index (χ0v) is 13.5. The molecule has 7 nitrogen and oxygen atoms in total. The predicted octanol–water partition coefficient (Wildman–Crippen LogP) is 0.872. The van der Waals surface area contributed by atoms with E-state index in [1.54, 1.807) is 18.5 Å². The number of rotatable bonds is 3. The SMILES string of the molecule is O=C(O)[C@H]1[C@H]2CC[C@H](C2)[C@@H]1C(=O)N1CCN(c2ncccn2)CC1. The van der Waals surface area contributed by atoms with Crippen LogP contribution >= 0.6 is 0 Å². The van der Waals surface area contributed by atoms with Crippen molar-refractivity contribution in [1.82, 2.24) is 14.9 Å². The Kier molecular flexibility index (Phi) is 3.86. The lowest BCUT2D eigenvalue weighted by molar-refractivity contribution is -0.153. The fourth-order valence-corrected chi connectivity index (χ4v) is 4.79. The van der Waals surface area contributed by atoms with Gasteiger partial charge in [0.25, 0.3) is 0 Å². The van der Waals surface area contributed by atoms with Crippen molar-refractivity contribution in [3.8, 4) is 0 Å². The van der Waals surface area contributed by atoms with Gasteiger partial charge < -0.3 is 14.9 Å². The van der Waals surface area contributed by atoms with E-state index in [0.717, 1.165) is 19.3 Å². The number of fused-ring (bicyclic) bond motifs is 2. The molecule has 2 bridgehead atoms. The predicted molar refractivity (Wildman–Crippen MR) is 86.3 cm³/mol. The fourth-order valence-electron chi connectivity index (χ4n) is 4.79. The Labute approximate surface area is 140 Å². The van der Waals surface area contributed by atoms with Gasteiger partial charge in [0, 0.05) is 38.6 Å². The van der Waals surface area contributed by atoms with Crippen LogP contribution in [0, 0.1) is 23.7 Å². The van der Waals surface area contributed by atoms with E-state index in [2.05, 4.69) is 14.9 Å². The summed E-state index contributed by atoms with van der Waals surface area (Å²) in [5.41, 5.74) is 0. The van der Waals surface area contributed by atoms with Gasteiger partial charge in [-0.3, -0.25) is 9.59 Å². The van der Waals surface area contributed by atoms with Crippen molar-refractivity contribution in [2.24, 2.45) is 23.7 Å². The van der Waals surface area contributed by atoms with E-state index >= 15 is 0 Å². The average molecular weight is 330 g/mol. The van der Waals surface area contributed by atoms with Crippen molar-refractivity contribution in [2.75, 3.05) is 31.1 Å². The van der Waals surface area contributed by atoms with Crippen LogP contribution in [0.15, 0.2) is 18.5 Å². The highest BCUT2D eigenvalue weighted by molar-refractivity contribution is 5.86. The van der Waals surface area contributed by atoms with Gasteiger partial charge in [-0.25, -0.2) is 9.97 Å². The van der Waals surface area contributed by atoms with Gasteiger partial charge in [0.15, 0.2) is 0 Å². The van der Waals surface area contributed by atoms with Crippen molar-refractivity contribution in [3.63, 3.8) is 0 Å². The zero-order valence-electron chi connectivity index (χ0n) is 13.5. The van der Waals surface area contributed by atoms with Crippen LogP contribution in [0.2, 0.25) is 0 Å². The second-order valence-corrected chi connectivity index (χ2v) is 7.08. The van der Waals surface area contributed by atoms with Gasteiger partial charge in [-0.05, 0) is 37.2 Å². The molecule has 2 aliphatic carbocycles. The lowest BCUT2D eigenvalue weighted by atomic mass is 9.78.